The van der Waals surface area contributed by atoms with Crippen LogP contribution in [0.4, 0.5) is 11.4 Å². The average molecular weight is 277 g/mol. The lowest BCUT2D eigenvalue weighted by Gasteiger charge is -2.24. The van der Waals surface area contributed by atoms with Crippen LogP contribution in [0.1, 0.15) is 32.1 Å². The third-order valence-electron chi connectivity index (χ3n) is 3.56. The van der Waals surface area contributed by atoms with E-state index in [1.54, 1.807) is 0 Å². The standard InChI is InChI=1S/C15H23N3S/c1-18(2)14-10-6-9-13(11-14)17-15(19)16-12-7-4-3-5-8-12/h6,9-12H,3-5,7-8H2,1-2H3,(H2,16,17,19). The molecule has 19 heavy (non-hydrogen) atoms. The first-order valence-corrected chi connectivity index (χ1v) is 7.41. The van der Waals surface area contributed by atoms with Gasteiger partial charge in [0.1, 0.15) is 0 Å². The Morgan fingerprint density at radius 1 is 1.21 bits per heavy atom. The van der Waals surface area contributed by atoms with Crippen LogP contribution in [0.3, 0.4) is 0 Å². The lowest BCUT2D eigenvalue weighted by Crippen LogP contribution is -2.38. The Kier molecular flexibility index (Phi) is 5.02. The zero-order valence-corrected chi connectivity index (χ0v) is 12.6. The van der Waals surface area contributed by atoms with E-state index in [-0.39, 0.29) is 0 Å². The molecule has 2 N–H and O–H groups in total. The number of nitrogens with zero attached hydrogens (tertiary/aromatic N) is 1. The van der Waals surface area contributed by atoms with Crippen molar-refractivity contribution in [3.8, 4) is 0 Å². The van der Waals surface area contributed by atoms with Crippen molar-refractivity contribution in [2.75, 3.05) is 24.3 Å². The quantitative estimate of drug-likeness (QED) is 0.828. The molecule has 0 atom stereocenters. The van der Waals surface area contributed by atoms with Crippen LogP contribution >= 0.6 is 12.2 Å². The fourth-order valence-corrected chi connectivity index (χ4v) is 2.75. The maximum atomic E-state index is 5.39. The van der Waals surface area contributed by atoms with Crippen molar-refractivity contribution in [3.05, 3.63) is 24.3 Å². The number of hydrogen-bond donors (Lipinski definition) is 2. The molecule has 1 aromatic rings. The first-order valence-electron chi connectivity index (χ1n) is 7.00. The van der Waals surface area contributed by atoms with Crippen LogP contribution in [0.5, 0.6) is 0 Å². The van der Waals surface area contributed by atoms with E-state index in [2.05, 4.69) is 27.7 Å². The van der Waals surface area contributed by atoms with Gasteiger partial charge in [-0.2, -0.15) is 0 Å². The Balaban J connectivity index is 1.89. The summed E-state index contributed by atoms with van der Waals surface area (Å²) < 4.78 is 0. The molecule has 1 aliphatic carbocycles. The highest BCUT2D eigenvalue weighted by Crippen LogP contribution is 2.19. The van der Waals surface area contributed by atoms with E-state index >= 15 is 0 Å². The van der Waals surface area contributed by atoms with Crippen LogP contribution < -0.4 is 15.5 Å². The Morgan fingerprint density at radius 2 is 1.95 bits per heavy atom. The minimum absolute atomic E-state index is 0.547. The summed E-state index contributed by atoms with van der Waals surface area (Å²) >= 11 is 5.39. The number of hydrogen-bond acceptors (Lipinski definition) is 2. The normalized spacial score (nSPS) is 15.9. The van der Waals surface area contributed by atoms with Gasteiger partial charge in [-0.15, -0.1) is 0 Å². The number of benzene rings is 1. The molecule has 4 heteroatoms. The molecule has 1 aliphatic rings. The van der Waals surface area contributed by atoms with E-state index in [4.69, 9.17) is 12.2 Å². The van der Waals surface area contributed by atoms with Gasteiger partial charge in [-0.05, 0) is 43.3 Å². The Bertz CT molecular complexity index is 425. The van der Waals surface area contributed by atoms with E-state index in [9.17, 15) is 0 Å². The van der Waals surface area contributed by atoms with Gasteiger partial charge in [-0.25, -0.2) is 0 Å². The summed E-state index contributed by atoms with van der Waals surface area (Å²) in [6.07, 6.45) is 6.47. The molecule has 0 amide bonds. The van der Waals surface area contributed by atoms with Crippen molar-refractivity contribution in [2.24, 2.45) is 0 Å². The molecule has 1 fully saturated rings. The van der Waals surface area contributed by atoms with Crippen LogP contribution in [0.15, 0.2) is 24.3 Å². The smallest absolute Gasteiger partial charge is 0.170 e. The second-order valence-corrected chi connectivity index (χ2v) is 5.79. The molecule has 2 rings (SSSR count). The predicted octanol–water partition coefficient (Wildman–Crippen LogP) is 3.37. The molecule has 1 saturated carbocycles. The van der Waals surface area contributed by atoms with Crippen molar-refractivity contribution in [1.29, 1.82) is 0 Å². The molecule has 0 unspecified atom stereocenters. The molecule has 104 valence electrons. The van der Waals surface area contributed by atoms with Gasteiger partial charge in [0.15, 0.2) is 5.11 Å². The van der Waals surface area contributed by atoms with Crippen LogP contribution in [-0.2, 0) is 0 Å². The fourth-order valence-electron chi connectivity index (χ4n) is 2.46. The molecule has 0 heterocycles. The lowest BCUT2D eigenvalue weighted by atomic mass is 9.96. The number of nitrogens with one attached hydrogen (secondary N) is 2. The molecule has 0 bridgehead atoms. The van der Waals surface area contributed by atoms with Crippen LogP contribution in [0, 0.1) is 0 Å². The molecule has 0 spiro atoms. The Hall–Kier alpha value is -1.29. The summed E-state index contributed by atoms with van der Waals surface area (Å²) in [7, 11) is 4.08. The van der Waals surface area contributed by atoms with Gasteiger partial charge in [0.2, 0.25) is 0 Å². The molecule has 0 aromatic heterocycles. The van der Waals surface area contributed by atoms with Crippen molar-refractivity contribution in [3.63, 3.8) is 0 Å². The summed E-state index contributed by atoms with van der Waals surface area (Å²) in [4.78, 5) is 2.09. The van der Waals surface area contributed by atoms with Crippen LogP contribution in [0.25, 0.3) is 0 Å². The van der Waals surface area contributed by atoms with Gasteiger partial charge in [-0.3, -0.25) is 0 Å². The molecule has 1 aromatic carbocycles. The summed E-state index contributed by atoms with van der Waals surface area (Å²) in [5, 5.41) is 7.44. The topological polar surface area (TPSA) is 27.3 Å². The third-order valence-corrected chi connectivity index (χ3v) is 3.78. The van der Waals surface area contributed by atoms with Gasteiger partial charge < -0.3 is 15.5 Å². The first kappa shape index (κ1) is 14.1. The Labute approximate surface area is 121 Å². The van der Waals surface area contributed by atoms with Gasteiger partial charge in [0.05, 0.1) is 0 Å². The monoisotopic (exact) mass is 277 g/mol. The molecule has 3 nitrogen and oxygen atoms in total. The first-order chi connectivity index (χ1) is 9.15. The number of thiocarbonyl (C=S) groups is 1. The van der Waals surface area contributed by atoms with Gasteiger partial charge in [0.25, 0.3) is 0 Å². The summed E-state index contributed by atoms with van der Waals surface area (Å²) in [6.45, 7) is 0. The van der Waals surface area contributed by atoms with E-state index in [0.29, 0.717) is 6.04 Å². The van der Waals surface area contributed by atoms with E-state index in [1.165, 1.54) is 37.8 Å². The predicted molar refractivity (Wildman–Crippen MR) is 87.0 cm³/mol. The van der Waals surface area contributed by atoms with Gasteiger partial charge in [-0.1, -0.05) is 25.3 Å². The highest BCUT2D eigenvalue weighted by molar-refractivity contribution is 7.80. The lowest BCUT2D eigenvalue weighted by molar-refractivity contribution is 0.415. The Morgan fingerprint density at radius 3 is 2.63 bits per heavy atom. The second-order valence-electron chi connectivity index (χ2n) is 5.38. The molecule has 0 radical (unpaired) electrons. The van der Waals surface area contributed by atoms with Crippen molar-refractivity contribution >= 4 is 28.7 Å². The fraction of sp³-hybridized carbons (Fsp3) is 0.533. The van der Waals surface area contributed by atoms with Gasteiger partial charge in [0, 0.05) is 31.5 Å². The maximum Gasteiger partial charge on any atom is 0.170 e. The highest BCUT2D eigenvalue weighted by Gasteiger charge is 2.13. The molecular weight excluding hydrogens is 254 g/mol. The zero-order chi connectivity index (χ0) is 13.7. The minimum atomic E-state index is 0.547. The van der Waals surface area contributed by atoms with Crippen molar-refractivity contribution in [2.45, 2.75) is 38.1 Å². The highest BCUT2D eigenvalue weighted by atomic mass is 32.1. The van der Waals surface area contributed by atoms with Crippen molar-refractivity contribution in [1.82, 2.24) is 5.32 Å². The largest absolute Gasteiger partial charge is 0.378 e. The number of rotatable bonds is 3. The summed E-state index contributed by atoms with van der Waals surface area (Å²) in [6, 6.07) is 8.83. The average Bonchev–Trinajstić information content (AvgIpc) is 2.40. The third kappa shape index (κ3) is 4.39. The van der Waals surface area contributed by atoms with E-state index < -0.39 is 0 Å². The maximum absolute atomic E-state index is 5.39. The molecule has 0 aliphatic heterocycles. The molecular formula is C15H23N3S. The minimum Gasteiger partial charge on any atom is -0.378 e. The van der Waals surface area contributed by atoms with E-state index in [0.717, 1.165) is 10.8 Å². The summed E-state index contributed by atoms with van der Waals surface area (Å²) in [5.41, 5.74) is 2.21. The SMILES string of the molecule is CN(C)c1cccc(NC(=S)NC2CCCCC2)c1. The summed E-state index contributed by atoms with van der Waals surface area (Å²) in [5.74, 6) is 0. The van der Waals surface area contributed by atoms with E-state index in [1.807, 2.05) is 26.2 Å². The van der Waals surface area contributed by atoms with Crippen LogP contribution in [-0.4, -0.2) is 25.2 Å². The zero-order valence-electron chi connectivity index (χ0n) is 11.8. The molecule has 0 saturated heterocycles. The van der Waals surface area contributed by atoms with Gasteiger partial charge >= 0.3 is 0 Å². The second kappa shape index (κ2) is 6.75. The van der Waals surface area contributed by atoms with Crippen molar-refractivity contribution < 1.29 is 0 Å². The van der Waals surface area contributed by atoms with Crippen LogP contribution in [0.2, 0.25) is 0 Å². The number of anilines is 2.